The minimum absolute atomic E-state index is 0.143. The predicted octanol–water partition coefficient (Wildman–Crippen LogP) is 3.20. The maximum absolute atomic E-state index is 12.5. The first-order valence-corrected chi connectivity index (χ1v) is 9.34. The molecular weight excluding hydrogens is 410 g/mol. The number of hydrogen-bond acceptors (Lipinski definition) is 6. The van der Waals surface area contributed by atoms with Gasteiger partial charge in [0, 0.05) is 5.02 Å². The van der Waals surface area contributed by atoms with Crippen molar-refractivity contribution in [2.24, 2.45) is 4.99 Å². The van der Waals surface area contributed by atoms with Gasteiger partial charge in [0.15, 0.2) is 0 Å². The zero-order chi connectivity index (χ0) is 21.8. The number of nitrogens with one attached hydrogen (secondary N) is 1. The van der Waals surface area contributed by atoms with E-state index in [4.69, 9.17) is 16.3 Å². The van der Waals surface area contributed by atoms with Crippen molar-refractivity contribution < 1.29 is 14.6 Å². The van der Waals surface area contributed by atoms with E-state index in [2.05, 4.69) is 9.98 Å². The number of rotatable bonds is 5. The molecule has 0 saturated heterocycles. The van der Waals surface area contributed by atoms with Gasteiger partial charge in [-0.1, -0.05) is 24.6 Å². The number of carbonyl (C=O) groups is 1. The SMILES string of the molecule is CCC(=Nc1cccc(C(=O)OC)c1)c1c(O)n(-c2ccc(Cl)cc2)c(=O)[nH]c1=O. The zero-order valence-electron chi connectivity index (χ0n) is 16.2. The Bertz CT molecular complexity index is 1240. The standard InChI is InChI=1S/C21H18ClN3O5/c1-3-16(23-14-6-4-5-12(11-14)20(28)30-2)17-18(26)24-21(29)25(19(17)27)15-9-7-13(22)8-10-15/h4-11,27H,3H2,1-2H3,(H,24,26,29). The summed E-state index contributed by atoms with van der Waals surface area (Å²) in [5.41, 5.74) is -0.480. The number of aromatic amines is 1. The summed E-state index contributed by atoms with van der Waals surface area (Å²) >= 11 is 5.88. The quantitative estimate of drug-likeness (QED) is 0.479. The van der Waals surface area contributed by atoms with Gasteiger partial charge in [0.2, 0.25) is 5.88 Å². The normalized spacial score (nSPS) is 11.4. The zero-order valence-corrected chi connectivity index (χ0v) is 16.9. The molecule has 3 aromatic rings. The van der Waals surface area contributed by atoms with E-state index in [0.717, 1.165) is 4.57 Å². The lowest BCUT2D eigenvalue weighted by Crippen LogP contribution is -2.33. The van der Waals surface area contributed by atoms with Crippen molar-refractivity contribution >= 4 is 29.0 Å². The number of carbonyl (C=O) groups excluding carboxylic acids is 1. The molecule has 3 rings (SSSR count). The lowest BCUT2D eigenvalue weighted by atomic mass is 10.1. The number of aliphatic imine (C=N–C) groups is 1. The summed E-state index contributed by atoms with van der Waals surface area (Å²) in [7, 11) is 1.27. The number of ether oxygens (including phenoxy) is 1. The van der Waals surface area contributed by atoms with Crippen LogP contribution in [0.5, 0.6) is 5.88 Å². The van der Waals surface area contributed by atoms with E-state index in [1.165, 1.54) is 25.3 Å². The second kappa shape index (κ2) is 8.79. The average molecular weight is 428 g/mol. The molecule has 30 heavy (non-hydrogen) atoms. The molecule has 0 aliphatic rings. The highest BCUT2D eigenvalue weighted by Crippen LogP contribution is 2.22. The number of aromatic hydroxyl groups is 1. The van der Waals surface area contributed by atoms with E-state index in [9.17, 15) is 19.5 Å². The molecule has 0 aliphatic carbocycles. The van der Waals surface area contributed by atoms with Crippen molar-refractivity contribution in [1.29, 1.82) is 0 Å². The number of benzene rings is 2. The Kier molecular flexibility index (Phi) is 6.17. The van der Waals surface area contributed by atoms with Gasteiger partial charge in [-0.2, -0.15) is 0 Å². The molecule has 0 fully saturated rings. The largest absolute Gasteiger partial charge is 0.493 e. The van der Waals surface area contributed by atoms with E-state index < -0.39 is 23.1 Å². The lowest BCUT2D eigenvalue weighted by molar-refractivity contribution is 0.0600. The minimum Gasteiger partial charge on any atom is -0.493 e. The third kappa shape index (κ3) is 4.18. The monoisotopic (exact) mass is 427 g/mol. The predicted molar refractivity (Wildman–Crippen MR) is 114 cm³/mol. The van der Waals surface area contributed by atoms with Gasteiger partial charge in [-0.25, -0.2) is 14.2 Å². The molecule has 0 amide bonds. The molecule has 0 saturated carbocycles. The van der Waals surface area contributed by atoms with E-state index in [1.54, 1.807) is 37.3 Å². The van der Waals surface area contributed by atoms with Crippen LogP contribution in [0.3, 0.4) is 0 Å². The van der Waals surface area contributed by atoms with Crippen LogP contribution in [-0.2, 0) is 4.74 Å². The molecule has 8 nitrogen and oxygen atoms in total. The molecule has 2 N–H and O–H groups in total. The Morgan fingerprint density at radius 1 is 1.20 bits per heavy atom. The summed E-state index contributed by atoms with van der Waals surface area (Å²) in [6, 6.07) is 12.5. The van der Waals surface area contributed by atoms with Gasteiger partial charge in [0.1, 0.15) is 5.56 Å². The van der Waals surface area contributed by atoms with Crippen LogP contribution >= 0.6 is 11.6 Å². The molecule has 0 radical (unpaired) electrons. The summed E-state index contributed by atoms with van der Waals surface area (Å²) < 4.78 is 5.66. The van der Waals surface area contributed by atoms with Crippen LogP contribution in [-0.4, -0.2) is 33.4 Å². The summed E-state index contributed by atoms with van der Waals surface area (Å²) in [5, 5.41) is 11.2. The van der Waals surface area contributed by atoms with Crippen LogP contribution in [0.4, 0.5) is 5.69 Å². The summed E-state index contributed by atoms with van der Waals surface area (Å²) in [5.74, 6) is -1.07. The van der Waals surface area contributed by atoms with E-state index >= 15 is 0 Å². The Morgan fingerprint density at radius 2 is 1.90 bits per heavy atom. The Balaban J connectivity index is 2.18. The Hall–Kier alpha value is -3.65. The highest BCUT2D eigenvalue weighted by molar-refractivity contribution is 6.30. The van der Waals surface area contributed by atoms with Crippen LogP contribution in [0, 0.1) is 0 Å². The number of halogens is 1. The average Bonchev–Trinajstić information content (AvgIpc) is 2.73. The first kappa shape index (κ1) is 21.1. The Morgan fingerprint density at radius 3 is 2.53 bits per heavy atom. The second-order valence-electron chi connectivity index (χ2n) is 6.22. The van der Waals surface area contributed by atoms with Crippen LogP contribution in [0.15, 0.2) is 63.1 Å². The minimum atomic E-state index is -0.799. The third-order valence-corrected chi connectivity index (χ3v) is 4.58. The fourth-order valence-corrected chi connectivity index (χ4v) is 3.03. The first-order chi connectivity index (χ1) is 14.3. The van der Waals surface area contributed by atoms with Crippen molar-refractivity contribution in [3.8, 4) is 11.6 Å². The number of methoxy groups -OCH3 is 1. The van der Waals surface area contributed by atoms with Gasteiger partial charge in [0.05, 0.1) is 29.8 Å². The highest BCUT2D eigenvalue weighted by atomic mass is 35.5. The number of hydrogen-bond donors (Lipinski definition) is 2. The van der Waals surface area contributed by atoms with Gasteiger partial charge >= 0.3 is 11.7 Å². The van der Waals surface area contributed by atoms with Gasteiger partial charge in [0.25, 0.3) is 5.56 Å². The lowest BCUT2D eigenvalue weighted by Gasteiger charge is -2.12. The van der Waals surface area contributed by atoms with Gasteiger partial charge in [-0.15, -0.1) is 0 Å². The third-order valence-electron chi connectivity index (χ3n) is 4.33. The molecule has 1 aromatic heterocycles. The summed E-state index contributed by atoms with van der Waals surface area (Å²) in [4.78, 5) is 43.2. The van der Waals surface area contributed by atoms with Crippen LogP contribution in [0.25, 0.3) is 5.69 Å². The summed E-state index contributed by atoms with van der Waals surface area (Å²) in [6.45, 7) is 1.75. The molecule has 0 spiro atoms. The molecule has 2 aromatic carbocycles. The van der Waals surface area contributed by atoms with E-state index in [1.807, 2.05) is 0 Å². The van der Waals surface area contributed by atoms with Crippen LogP contribution < -0.4 is 11.2 Å². The second-order valence-corrected chi connectivity index (χ2v) is 6.66. The fraction of sp³-hybridized carbons (Fsp3) is 0.143. The number of nitrogens with zero attached hydrogens (tertiary/aromatic N) is 2. The van der Waals surface area contributed by atoms with E-state index in [-0.39, 0.29) is 17.7 Å². The maximum atomic E-state index is 12.5. The first-order valence-electron chi connectivity index (χ1n) is 8.96. The van der Waals surface area contributed by atoms with Crippen molar-refractivity contribution in [2.75, 3.05) is 7.11 Å². The van der Waals surface area contributed by atoms with Crippen molar-refractivity contribution in [2.45, 2.75) is 13.3 Å². The number of H-pyrrole nitrogens is 1. The van der Waals surface area contributed by atoms with Gasteiger partial charge < -0.3 is 9.84 Å². The molecule has 0 unspecified atom stereocenters. The molecule has 154 valence electrons. The summed E-state index contributed by atoms with van der Waals surface area (Å²) in [6.07, 6.45) is 0.276. The Labute approximate surface area is 176 Å². The smallest absolute Gasteiger partial charge is 0.337 e. The fourth-order valence-electron chi connectivity index (χ4n) is 2.90. The van der Waals surface area contributed by atoms with Crippen molar-refractivity contribution in [3.05, 3.63) is 85.5 Å². The van der Waals surface area contributed by atoms with Gasteiger partial charge in [-0.3, -0.25) is 14.8 Å². The molecule has 0 bridgehead atoms. The maximum Gasteiger partial charge on any atom is 0.337 e. The molecule has 9 heteroatoms. The number of esters is 1. The van der Waals surface area contributed by atoms with Crippen LogP contribution in [0.2, 0.25) is 5.02 Å². The van der Waals surface area contributed by atoms with Crippen molar-refractivity contribution in [3.63, 3.8) is 0 Å². The topological polar surface area (TPSA) is 114 Å². The molecule has 0 aliphatic heterocycles. The molecule has 1 heterocycles. The molecular formula is C21H18ClN3O5. The van der Waals surface area contributed by atoms with Crippen molar-refractivity contribution in [1.82, 2.24) is 9.55 Å². The molecule has 0 atom stereocenters. The number of aromatic nitrogens is 2. The van der Waals surface area contributed by atoms with Gasteiger partial charge in [-0.05, 0) is 48.9 Å². The van der Waals surface area contributed by atoms with Crippen LogP contribution in [0.1, 0.15) is 29.3 Å². The van der Waals surface area contributed by atoms with E-state index in [0.29, 0.717) is 22.0 Å². The highest BCUT2D eigenvalue weighted by Gasteiger charge is 2.19.